The summed E-state index contributed by atoms with van der Waals surface area (Å²) in [6, 6.07) is 1.50. The molecule has 0 aliphatic heterocycles. The normalized spacial score (nSPS) is 25.8. The van der Waals surface area contributed by atoms with E-state index in [1.165, 1.54) is 18.6 Å². The van der Waals surface area contributed by atoms with E-state index in [-0.39, 0.29) is 18.6 Å². The summed E-state index contributed by atoms with van der Waals surface area (Å²) >= 11 is 0. The van der Waals surface area contributed by atoms with E-state index in [1.54, 1.807) is 0 Å². The molecule has 2 rings (SSSR count). The fourth-order valence-corrected chi connectivity index (χ4v) is 2.37. The Morgan fingerprint density at radius 2 is 2.12 bits per heavy atom. The zero-order chi connectivity index (χ0) is 12.5. The van der Waals surface area contributed by atoms with Gasteiger partial charge in [0.25, 0.3) is 0 Å². The number of hydrogen-bond acceptors (Lipinski definition) is 2. The lowest BCUT2D eigenvalue weighted by atomic mass is 9.78. The van der Waals surface area contributed by atoms with Crippen LogP contribution in [-0.2, 0) is 0 Å². The number of ketones is 1. The van der Waals surface area contributed by atoms with Crippen molar-refractivity contribution in [3.05, 3.63) is 24.2 Å². The predicted molar refractivity (Wildman–Crippen MR) is 54.5 cm³/mol. The molecule has 1 saturated carbocycles. The highest BCUT2D eigenvalue weighted by molar-refractivity contribution is 5.97. The number of alkyl halides is 3. The largest absolute Gasteiger partial charge is 0.472 e. The summed E-state index contributed by atoms with van der Waals surface area (Å²) in [7, 11) is 0. The highest BCUT2D eigenvalue weighted by Crippen LogP contribution is 2.40. The lowest BCUT2D eigenvalue weighted by Crippen LogP contribution is -2.31. The number of carbonyl (C=O) groups is 1. The van der Waals surface area contributed by atoms with Crippen LogP contribution in [0.1, 0.15) is 36.0 Å². The van der Waals surface area contributed by atoms with Gasteiger partial charge in [0.1, 0.15) is 6.26 Å². The fourth-order valence-electron chi connectivity index (χ4n) is 2.37. The molecule has 94 valence electrons. The van der Waals surface area contributed by atoms with Crippen molar-refractivity contribution < 1.29 is 22.4 Å². The number of Topliss-reactive ketones (excluding diaryl/α,β-unsaturated/α-hetero) is 1. The van der Waals surface area contributed by atoms with Crippen LogP contribution in [0.15, 0.2) is 23.0 Å². The molecule has 1 aromatic heterocycles. The topological polar surface area (TPSA) is 30.2 Å². The molecule has 1 aromatic rings. The lowest BCUT2D eigenvalue weighted by molar-refractivity contribution is -0.184. The predicted octanol–water partition coefficient (Wildman–Crippen LogP) is 3.83. The minimum Gasteiger partial charge on any atom is -0.472 e. The van der Waals surface area contributed by atoms with Crippen molar-refractivity contribution in [2.24, 2.45) is 11.8 Å². The molecular formula is C12H13F3O2. The summed E-state index contributed by atoms with van der Waals surface area (Å²) in [5.41, 5.74) is 0.373. The van der Waals surface area contributed by atoms with Crippen molar-refractivity contribution in [1.29, 1.82) is 0 Å². The van der Waals surface area contributed by atoms with Crippen molar-refractivity contribution >= 4 is 5.78 Å². The Balaban J connectivity index is 2.05. The molecule has 2 nitrogen and oxygen atoms in total. The molecule has 0 bridgehead atoms. The van der Waals surface area contributed by atoms with Gasteiger partial charge in [-0.1, -0.05) is 6.42 Å². The van der Waals surface area contributed by atoms with Crippen LogP contribution in [0.5, 0.6) is 0 Å². The zero-order valence-corrected chi connectivity index (χ0v) is 9.17. The standard InChI is InChI=1S/C12H13F3O2/c13-12(14,15)10-3-1-2-8(6-10)11(16)9-4-5-17-7-9/h4-5,7-8,10H,1-3,6H2. The van der Waals surface area contributed by atoms with Gasteiger partial charge in [-0.25, -0.2) is 0 Å². The third-order valence-electron chi connectivity index (χ3n) is 3.31. The van der Waals surface area contributed by atoms with Crippen LogP contribution in [0.3, 0.4) is 0 Å². The van der Waals surface area contributed by atoms with Crippen LogP contribution in [0, 0.1) is 11.8 Å². The van der Waals surface area contributed by atoms with Crippen molar-refractivity contribution in [3.63, 3.8) is 0 Å². The molecule has 0 amide bonds. The molecule has 1 aliphatic rings. The van der Waals surface area contributed by atoms with Gasteiger partial charge in [-0.3, -0.25) is 4.79 Å². The van der Waals surface area contributed by atoms with Crippen molar-refractivity contribution in [2.75, 3.05) is 0 Å². The minimum absolute atomic E-state index is 0.0898. The molecule has 0 N–H and O–H groups in total. The van der Waals surface area contributed by atoms with E-state index in [2.05, 4.69) is 0 Å². The van der Waals surface area contributed by atoms with Gasteiger partial charge in [0, 0.05) is 5.92 Å². The van der Waals surface area contributed by atoms with Gasteiger partial charge < -0.3 is 4.42 Å². The van der Waals surface area contributed by atoms with Crippen molar-refractivity contribution in [2.45, 2.75) is 31.9 Å². The Kier molecular flexibility index (Phi) is 3.26. The maximum absolute atomic E-state index is 12.6. The van der Waals surface area contributed by atoms with Gasteiger partial charge >= 0.3 is 6.18 Å². The van der Waals surface area contributed by atoms with E-state index in [4.69, 9.17) is 4.42 Å². The molecule has 0 aromatic carbocycles. The third kappa shape index (κ3) is 2.70. The van der Waals surface area contributed by atoms with E-state index in [0.717, 1.165) is 0 Å². The molecule has 0 spiro atoms. The summed E-state index contributed by atoms with van der Waals surface area (Å²) in [5, 5.41) is 0. The molecule has 5 heteroatoms. The first-order chi connectivity index (χ1) is 7.98. The number of carbonyl (C=O) groups excluding carboxylic acids is 1. The maximum Gasteiger partial charge on any atom is 0.391 e. The summed E-state index contributed by atoms with van der Waals surface area (Å²) in [5.74, 6) is -2.09. The molecule has 0 radical (unpaired) electrons. The van der Waals surface area contributed by atoms with Crippen LogP contribution >= 0.6 is 0 Å². The molecule has 0 saturated heterocycles. The van der Waals surface area contributed by atoms with Crippen molar-refractivity contribution in [3.8, 4) is 0 Å². The number of rotatable bonds is 2. The monoisotopic (exact) mass is 246 g/mol. The molecular weight excluding hydrogens is 233 g/mol. The summed E-state index contributed by atoms with van der Waals surface area (Å²) in [6.07, 6.45) is -0.493. The quantitative estimate of drug-likeness (QED) is 0.742. The number of hydrogen-bond donors (Lipinski definition) is 0. The maximum atomic E-state index is 12.6. The van der Waals surface area contributed by atoms with Crippen LogP contribution in [0.2, 0.25) is 0 Å². The molecule has 1 fully saturated rings. The van der Waals surface area contributed by atoms with E-state index < -0.39 is 18.0 Å². The first-order valence-corrected chi connectivity index (χ1v) is 5.61. The van der Waals surface area contributed by atoms with E-state index in [9.17, 15) is 18.0 Å². The second-order valence-electron chi connectivity index (χ2n) is 4.48. The molecule has 1 aliphatic carbocycles. The van der Waals surface area contributed by atoms with E-state index >= 15 is 0 Å². The Bertz CT molecular complexity index is 381. The third-order valence-corrected chi connectivity index (χ3v) is 3.31. The average Bonchev–Trinajstić information content (AvgIpc) is 2.80. The van der Waals surface area contributed by atoms with Gasteiger partial charge in [0.2, 0.25) is 0 Å². The smallest absolute Gasteiger partial charge is 0.391 e. The van der Waals surface area contributed by atoms with Gasteiger partial charge in [0.15, 0.2) is 5.78 Å². The van der Waals surface area contributed by atoms with E-state index in [1.807, 2.05) is 0 Å². The summed E-state index contributed by atoms with van der Waals surface area (Å²) in [6.45, 7) is 0. The van der Waals surface area contributed by atoms with Gasteiger partial charge in [0.05, 0.1) is 17.7 Å². The minimum atomic E-state index is -4.19. The Morgan fingerprint density at radius 1 is 1.35 bits per heavy atom. The van der Waals surface area contributed by atoms with Crippen LogP contribution in [0.25, 0.3) is 0 Å². The summed E-state index contributed by atoms with van der Waals surface area (Å²) < 4.78 is 42.5. The van der Waals surface area contributed by atoms with Gasteiger partial charge in [-0.15, -0.1) is 0 Å². The first kappa shape index (κ1) is 12.2. The lowest BCUT2D eigenvalue weighted by Gasteiger charge is -2.29. The SMILES string of the molecule is O=C(c1ccoc1)C1CCCC(C(F)(F)F)C1. The average molecular weight is 246 g/mol. The molecule has 2 atom stereocenters. The number of furan rings is 1. The van der Waals surface area contributed by atoms with Crippen molar-refractivity contribution in [1.82, 2.24) is 0 Å². The first-order valence-electron chi connectivity index (χ1n) is 5.61. The highest BCUT2D eigenvalue weighted by atomic mass is 19.4. The molecule has 2 unspecified atom stereocenters. The fraction of sp³-hybridized carbons (Fsp3) is 0.583. The molecule has 17 heavy (non-hydrogen) atoms. The van der Waals surface area contributed by atoms with Gasteiger partial charge in [-0.05, 0) is 25.3 Å². The second-order valence-corrected chi connectivity index (χ2v) is 4.48. The Hall–Kier alpha value is -1.26. The van der Waals surface area contributed by atoms with Crippen LogP contribution in [-0.4, -0.2) is 12.0 Å². The van der Waals surface area contributed by atoms with Gasteiger partial charge in [-0.2, -0.15) is 13.2 Å². The number of halogens is 3. The van der Waals surface area contributed by atoms with Crippen LogP contribution < -0.4 is 0 Å². The zero-order valence-electron chi connectivity index (χ0n) is 9.17. The second kappa shape index (κ2) is 4.55. The summed E-state index contributed by atoms with van der Waals surface area (Å²) in [4.78, 5) is 11.9. The van der Waals surface area contributed by atoms with Crippen LogP contribution in [0.4, 0.5) is 13.2 Å². The Labute approximate surface area is 96.8 Å². The molecule has 1 heterocycles. The Morgan fingerprint density at radius 3 is 2.71 bits per heavy atom. The van der Waals surface area contributed by atoms with E-state index in [0.29, 0.717) is 18.4 Å². The highest BCUT2D eigenvalue weighted by Gasteiger charge is 2.43.